The molecule has 21 heavy (non-hydrogen) atoms. The molecule has 0 amide bonds. The number of fused-ring (bicyclic) bond motifs is 2. The molecular formula is C16H16N2O2S. The van der Waals surface area contributed by atoms with Gasteiger partial charge in [0, 0.05) is 35.7 Å². The van der Waals surface area contributed by atoms with E-state index in [4.69, 9.17) is 9.47 Å². The summed E-state index contributed by atoms with van der Waals surface area (Å²) in [4.78, 5) is 8.87. The predicted molar refractivity (Wildman–Crippen MR) is 81.0 cm³/mol. The lowest BCUT2D eigenvalue weighted by molar-refractivity contribution is -0.0716. The summed E-state index contributed by atoms with van der Waals surface area (Å²) in [6.07, 6.45) is 6.11. The maximum absolute atomic E-state index is 6.10. The second kappa shape index (κ2) is 4.31. The Balaban J connectivity index is 0.00000115. The molecule has 108 valence electrons. The molecule has 2 aliphatic heterocycles. The number of hydrogen-bond donors (Lipinski definition) is 0. The molecule has 2 aromatic rings. The molecule has 1 aliphatic carbocycles. The van der Waals surface area contributed by atoms with Gasteiger partial charge < -0.3 is 9.47 Å². The number of thiazole rings is 1. The number of ether oxygens (including phenoxy) is 2. The van der Waals surface area contributed by atoms with Crippen molar-refractivity contribution in [3.8, 4) is 11.5 Å². The SMILES string of the molecule is C.c1csc(C2=c3cc4c(cc3=N2)OC2(CCCC2)O4)n1. The number of rotatable bonds is 1. The van der Waals surface area contributed by atoms with Gasteiger partial charge in [0.15, 0.2) is 11.5 Å². The molecule has 4 nitrogen and oxygen atoms in total. The van der Waals surface area contributed by atoms with Crippen LogP contribution in [0, 0.1) is 0 Å². The van der Waals surface area contributed by atoms with Gasteiger partial charge >= 0.3 is 0 Å². The third-order valence-electron chi connectivity index (χ3n) is 4.14. The first-order valence-electron chi connectivity index (χ1n) is 6.88. The van der Waals surface area contributed by atoms with E-state index in [0.717, 1.165) is 45.6 Å². The second-order valence-electron chi connectivity index (χ2n) is 5.44. The average molecular weight is 300 g/mol. The Hall–Kier alpha value is -1.88. The largest absolute Gasteiger partial charge is 0.448 e. The van der Waals surface area contributed by atoms with Crippen LogP contribution in [0.1, 0.15) is 38.1 Å². The smallest absolute Gasteiger partial charge is 0.251 e. The summed E-state index contributed by atoms with van der Waals surface area (Å²) in [7, 11) is 0. The molecule has 3 aliphatic rings. The van der Waals surface area contributed by atoms with Crippen molar-refractivity contribution in [3.05, 3.63) is 39.3 Å². The highest BCUT2D eigenvalue weighted by atomic mass is 32.1. The lowest BCUT2D eigenvalue weighted by Gasteiger charge is -2.21. The van der Waals surface area contributed by atoms with Crippen LogP contribution in [0.5, 0.6) is 11.5 Å². The van der Waals surface area contributed by atoms with Crippen LogP contribution in [0.25, 0.3) is 5.70 Å². The fourth-order valence-electron chi connectivity index (χ4n) is 3.16. The van der Waals surface area contributed by atoms with Crippen molar-refractivity contribution in [1.82, 2.24) is 4.98 Å². The van der Waals surface area contributed by atoms with Crippen molar-refractivity contribution in [2.24, 2.45) is 4.99 Å². The summed E-state index contributed by atoms with van der Waals surface area (Å²) in [5.74, 6) is 1.30. The van der Waals surface area contributed by atoms with Gasteiger partial charge in [0.1, 0.15) is 10.7 Å². The molecule has 0 radical (unpaired) electrons. The van der Waals surface area contributed by atoms with Crippen LogP contribution >= 0.6 is 11.3 Å². The fraction of sp³-hybridized carbons (Fsp3) is 0.375. The lowest BCUT2D eigenvalue weighted by atomic mass is 10.1. The molecule has 1 spiro atoms. The molecule has 1 aromatic carbocycles. The Morgan fingerprint density at radius 2 is 1.86 bits per heavy atom. The first-order chi connectivity index (χ1) is 9.83. The molecular weight excluding hydrogens is 284 g/mol. The van der Waals surface area contributed by atoms with E-state index in [1.54, 1.807) is 17.5 Å². The minimum absolute atomic E-state index is 0. The number of aromatic nitrogens is 1. The topological polar surface area (TPSA) is 43.7 Å². The van der Waals surface area contributed by atoms with Crippen molar-refractivity contribution in [1.29, 1.82) is 0 Å². The van der Waals surface area contributed by atoms with E-state index in [1.165, 1.54) is 12.8 Å². The zero-order valence-electron chi connectivity index (χ0n) is 10.8. The maximum Gasteiger partial charge on any atom is 0.251 e. The fourth-order valence-corrected chi connectivity index (χ4v) is 3.80. The van der Waals surface area contributed by atoms with Crippen molar-refractivity contribution in [2.75, 3.05) is 0 Å². The molecule has 0 unspecified atom stereocenters. The number of hydrogen-bond acceptors (Lipinski definition) is 5. The Labute approximate surface area is 126 Å². The summed E-state index contributed by atoms with van der Waals surface area (Å²) in [5, 5.41) is 5.04. The van der Waals surface area contributed by atoms with E-state index >= 15 is 0 Å². The van der Waals surface area contributed by atoms with E-state index in [-0.39, 0.29) is 7.43 Å². The van der Waals surface area contributed by atoms with Crippen LogP contribution in [0.2, 0.25) is 0 Å². The van der Waals surface area contributed by atoms with Gasteiger partial charge in [0.2, 0.25) is 0 Å². The van der Waals surface area contributed by atoms with Crippen LogP contribution in [-0.2, 0) is 0 Å². The van der Waals surface area contributed by atoms with E-state index in [1.807, 2.05) is 11.4 Å². The van der Waals surface area contributed by atoms with Gasteiger partial charge in [-0.1, -0.05) is 7.43 Å². The van der Waals surface area contributed by atoms with Crippen LogP contribution in [-0.4, -0.2) is 10.8 Å². The van der Waals surface area contributed by atoms with Crippen molar-refractivity contribution >= 4 is 17.0 Å². The molecule has 5 rings (SSSR count). The molecule has 5 heteroatoms. The monoisotopic (exact) mass is 300 g/mol. The van der Waals surface area contributed by atoms with Gasteiger partial charge in [-0.3, -0.25) is 0 Å². The van der Waals surface area contributed by atoms with Gasteiger partial charge in [-0.2, -0.15) is 0 Å². The highest BCUT2D eigenvalue weighted by molar-refractivity contribution is 7.10. The van der Waals surface area contributed by atoms with E-state index < -0.39 is 5.79 Å². The Morgan fingerprint density at radius 1 is 1.10 bits per heavy atom. The third-order valence-corrected chi connectivity index (χ3v) is 4.92. The standard InChI is InChI=1S/C15H12N2O2S.CH4/c1-2-4-15(3-1)18-11-7-9-10(8-12(11)19-15)17-13(9)14-16-5-6-20-14;/h5-8H,1-4H2;1H4. The second-order valence-corrected chi connectivity index (χ2v) is 6.33. The first kappa shape index (κ1) is 12.8. The molecule has 3 heterocycles. The summed E-state index contributed by atoms with van der Waals surface area (Å²) >= 11 is 1.61. The van der Waals surface area contributed by atoms with Crippen LogP contribution in [0.15, 0.2) is 28.7 Å². The van der Waals surface area contributed by atoms with Crippen LogP contribution in [0.4, 0.5) is 0 Å². The molecule has 0 bridgehead atoms. The highest BCUT2D eigenvalue weighted by Gasteiger charge is 2.44. The van der Waals surface area contributed by atoms with Crippen molar-refractivity contribution in [2.45, 2.75) is 38.9 Å². The Kier molecular flexibility index (Phi) is 2.63. The summed E-state index contributed by atoms with van der Waals surface area (Å²) in [6.45, 7) is 0. The highest BCUT2D eigenvalue weighted by Crippen LogP contribution is 2.45. The van der Waals surface area contributed by atoms with E-state index in [2.05, 4.69) is 16.0 Å². The molecule has 1 aromatic heterocycles. The third kappa shape index (κ3) is 1.73. The van der Waals surface area contributed by atoms with Gasteiger partial charge in [-0.15, -0.1) is 11.3 Å². The minimum atomic E-state index is -0.399. The molecule has 0 saturated heterocycles. The Bertz CT molecular complexity index is 821. The first-order valence-corrected chi connectivity index (χ1v) is 7.76. The van der Waals surface area contributed by atoms with E-state index in [0.29, 0.717) is 0 Å². The predicted octanol–water partition coefficient (Wildman–Crippen LogP) is 2.61. The average Bonchev–Trinajstić information content (AvgIpc) is 3.14. The molecule has 1 fully saturated rings. The van der Waals surface area contributed by atoms with Gasteiger partial charge in [0.25, 0.3) is 5.79 Å². The van der Waals surface area contributed by atoms with E-state index in [9.17, 15) is 0 Å². The van der Waals surface area contributed by atoms with Crippen molar-refractivity contribution in [3.63, 3.8) is 0 Å². The maximum atomic E-state index is 6.10. The van der Waals surface area contributed by atoms with Gasteiger partial charge in [0.05, 0.1) is 5.36 Å². The summed E-state index contributed by atoms with van der Waals surface area (Å²) in [6, 6.07) is 4.05. The zero-order valence-corrected chi connectivity index (χ0v) is 11.6. The normalized spacial score (nSPS) is 19.7. The molecule has 0 atom stereocenters. The number of benzene rings is 1. The lowest BCUT2D eigenvalue weighted by Crippen LogP contribution is -2.34. The van der Waals surface area contributed by atoms with Crippen LogP contribution < -0.4 is 20.0 Å². The van der Waals surface area contributed by atoms with Gasteiger partial charge in [-0.25, -0.2) is 9.98 Å². The summed E-state index contributed by atoms with van der Waals surface area (Å²) in [5.41, 5.74) is 0.966. The molecule has 0 N–H and O–H groups in total. The van der Waals surface area contributed by atoms with Gasteiger partial charge in [-0.05, 0) is 18.9 Å². The van der Waals surface area contributed by atoms with Crippen molar-refractivity contribution < 1.29 is 9.47 Å². The Morgan fingerprint density at radius 3 is 2.57 bits per heavy atom. The number of nitrogens with zero attached hydrogens (tertiary/aromatic N) is 2. The molecule has 1 saturated carbocycles. The minimum Gasteiger partial charge on any atom is -0.448 e. The quantitative estimate of drug-likeness (QED) is 0.813. The van der Waals surface area contributed by atoms with Crippen LogP contribution in [0.3, 0.4) is 0 Å². The summed E-state index contributed by atoms with van der Waals surface area (Å²) < 4.78 is 12.1. The zero-order chi connectivity index (χ0) is 13.2.